The lowest BCUT2D eigenvalue weighted by Gasteiger charge is -2.13. The highest BCUT2D eigenvalue weighted by Gasteiger charge is 2.33. The number of benzene rings is 1. The van der Waals surface area contributed by atoms with E-state index < -0.39 is 44.3 Å². The number of ether oxygens (including phenoxy) is 1. The Kier molecular flexibility index (Phi) is 5.21. The lowest BCUT2D eigenvalue weighted by Crippen LogP contribution is -2.17. The zero-order valence-corrected chi connectivity index (χ0v) is 16.2. The van der Waals surface area contributed by atoms with Crippen LogP contribution < -0.4 is 4.74 Å². The first-order valence-corrected chi connectivity index (χ1v) is 9.91. The lowest BCUT2D eigenvalue weighted by molar-refractivity contribution is -0.274. The van der Waals surface area contributed by atoms with E-state index in [-0.39, 0.29) is 22.6 Å². The summed E-state index contributed by atoms with van der Waals surface area (Å²) in [5.41, 5.74) is -1.26. The van der Waals surface area contributed by atoms with Gasteiger partial charge in [-0.1, -0.05) is 6.92 Å². The molecule has 30 heavy (non-hydrogen) atoms. The van der Waals surface area contributed by atoms with Crippen LogP contribution in [0.15, 0.2) is 35.4 Å². The van der Waals surface area contributed by atoms with Gasteiger partial charge in [0.15, 0.2) is 15.5 Å². The van der Waals surface area contributed by atoms with Gasteiger partial charge >= 0.3 is 12.5 Å². The molecular weight excluding hydrogens is 440 g/mol. The molecule has 0 radical (unpaired) electrons. The summed E-state index contributed by atoms with van der Waals surface area (Å²) in [6.45, 7) is 1.29. The number of halogens is 6. The summed E-state index contributed by atoms with van der Waals surface area (Å²) in [6, 6.07) is 3.40. The summed E-state index contributed by atoms with van der Waals surface area (Å²) in [6.07, 6.45) is -9.09. The van der Waals surface area contributed by atoms with Gasteiger partial charge in [0, 0.05) is 18.8 Å². The minimum atomic E-state index is -5.04. The molecule has 6 nitrogen and oxygen atoms in total. The van der Waals surface area contributed by atoms with Gasteiger partial charge in [-0.25, -0.2) is 18.4 Å². The number of aromatic nitrogens is 3. The lowest BCUT2D eigenvalue weighted by atomic mass is 10.2. The maximum Gasteiger partial charge on any atom is 0.573 e. The maximum atomic E-state index is 12.9. The van der Waals surface area contributed by atoms with Crippen LogP contribution in [0, 0.1) is 0 Å². The highest BCUT2D eigenvalue weighted by atomic mass is 32.2. The molecule has 0 amide bonds. The van der Waals surface area contributed by atoms with Crippen molar-refractivity contribution >= 4 is 21.0 Å². The van der Waals surface area contributed by atoms with Crippen molar-refractivity contribution in [2.75, 3.05) is 5.75 Å². The Hall–Kier alpha value is -2.83. The van der Waals surface area contributed by atoms with Crippen molar-refractivity contribution < 1.29 is 39.5 Å². The highest BCUT2D eigenvalue weighted by molar-refractivity contribution is 7.91. The number of rotatable bonds is 4. The van der Waals surface area contributed by atoms with Gasteiger partial charge in [-0.3, -0.25) is 0 Å². The number of imidazole rings is 1. The Morgan fingerprint density at radius 2 is 1.77 bits per heavy atom. The van der Waals surface area contributed by atoms with Crippen LogP contribution >= 0.6 is 0 Å². The van der Waals surface area contributed by atoms with Gasteiger partial charge in [0.25, 0.3) is 0 Å². The van der Waals surface area contributed by atoms with E-state index in [1.54, 1.807) is 0 Å². The van der Waals surface area contributed by atoms with Gasteiger partial charge < -0.3 is 9.30 Å². The second-order valence-corrected chi connectivity index (χ2v) is 8.41. The van der Waals surface area contributed by atoms with Crippen molar-refractivity contribution in [3.63, 3.8) is 0 Å². The Morgan fingerprint density at radius 1 is 1.10 bits per heavy atom. The molecule has 0 atom stereocenters. The number of sulfone groups is 1. The van der Waals surface area contributed by atoms with E-state index in [1.165, 1.54) is 18.5 Å². The minimum Gasteiger partial charge on any atom is -0.406 e. The van der Waals surface area contributed by atoms with Crippen molar-refractivity contribution in [2.45, 2.75) is 24.4 Å². The van der Waals surface area contributed by atoms with Crippen molar-refractivity contribution in [3.8, 4) is 17.1 Å². The number of alkyl halides is 6. The first-order chi connectivity index (χ1) is 13.7. The summed E-state index contributed by atoms with van der Waals surface area (Å²) in [5, 5.41) is 0. The van der Waals surface area contributed by atoms with E-state index in [0.717, 1.165) is 18.2 Å². The molecule has 3 rings (SSSR count). The molecule has 2 heterocycles. The Balaban J connectivity index is 2.24. The molecule has 0 saturated carbocycles. The topological polar surface area (TPSA) is 74.1 Å². The van der Waals surface area contributed by atoms with E-state index >= 15 is 0 Å². The quantitative estimate of drug-likeness (QED) is 0.550. The van der Waals surface area contributed by atoms with Gasteiger partial charge in [0.1, 0.15) is 17.1 Å². The van der Waals surface area contributed by atoms with E-state index in [9.17, 15) is 34.8 Å². The van der Waals surface area contributed by atoms with Crippen LogP contribution in [-0.2, 0) is 23.1 Å². The first kappa shape index (κ1) is 21.9. The first-order valence-electron chi connectivity index (χ1n) is 8.25. The van der Waals surface area contributed by atoms with Gasteiger partial charge in [0.05, 0.1) is 16.2 Å². The second-order valence-electron chi connectivity index (χ2n) is 6.17. The van der Waals surface area contributed by atoms with Gasteiger partial charge in [-0.05, 0) is 24.3 Å². The third-order valence-corrected chi connectivity index (χ3v) is 5.95. The average Bonchev–Trinajstić information content (AvgIpc) is 2.96. The Labute approximate surface area is 166 Å². The molecule has 3 aromatic rings. The molecule has 0 fully saturated rings. The average molecular weight is 453 g/mol. The minimum absolute atomic E-state index is 0.0356. The number of hydrogen-bond donors (Lipinski definition) is 0. The highest BCUT2D eigenvalue weighted by Crippen LogP contribution is 2.35. The fourth-order valence-corrected chi connectivity index (χ4v) is 3.87. The summed E-state index contributed by atoms with van der Waals surface area (Å²) < 4.78 is 106. The van der Waals surface area contributed by atoms with Crippen molar-refractivity contribution in [1.82, 2.24) is 14.5 Å². The predicted molar refractivity (Wildman–Crippen MR) is 93.4 cm³/mol. The molecule has 0 bridgehead atoms. The molecule has 0 aliphatic heterocycles. The number of pyridine rings is 1. The van der Waals surface area contributed by atoms with Gasteiger partial charge in [-0.2, -0.15) is 13.2 Å². The second kappa shape index (κ2) is 7.15. The summed E-state index contributed by atoms with van der Waals surface area (Å²) in [4.78, 5) is 7.27. The monoisotopic (exact) mass is 453 g/mol. The van der Waals surface area contributed by atoms with Crippen molar-refractivity contribution in [2.24, 2.45) is 7.05 Å². The van der Waals surface area contributed by atoms with E-state index in [1.807, 2.05) is 0 Å². The normalized spacial score (nSPS) is 13.1. The van der Waals surface area contributed by atoms with Crippen LogP contribution in [0.25, 0.3) is 22.6 Å². The molecule has 0 aliphatic carbocycles. The van der Waals surface area contributed by atoms with Crippen LogP contribution in [0.1, 0.15) is 12.5 Å². The standard InChI is InChI=1S/C17H13F6N3O3S/c1-3-30(27,28)13-7-10(29-17(21,22)23)4-5-11(13)14-25-12-6-9(16(18,19)20)8-24-15(12)26(14)2/h4-8H,3H2,1-2H3. The van der Waals surface area contributed by atoms with E-state index in [4.69, 9.17) is 0 Å². The molecule has 162 valence electrons. The summed E-state index contributed by atoms with van der Waals surface area (Å²) >= 11 is 0. The van der Waals surface area contributed by atoms with Crippen LogP contribution in [-0.4, -0.2) is 35.1 Å². The molecule has 2 aromatic heterocycles. The molecule has 0 N–H and O–H groups in total. The number of fused-ring (bicyclic) bond motifs is 1. The number of hydrogen-bond acceptors (Lipinski definition) is 5. The SMILES string of the molecule is CCS(=O)(=O)c1cc(OC(F)(F)F)ccc1-c1nc2cc(C(F)(F)F)cnc2n1C. The molecule has 13 heteroatoms. The molecular formula is C17H13F6N3O3S. The number of aryl methyl sites for hydroxylation is 1. The Bertz CT molecular complexity index is 1220. The largest absolute Gasteiger partial charge is 0.573 e. The zero-order chi connectivity index (χ0) is 22.5. The van der Waals surface area contributed by atoms with Crippen LogP contribution in [0.3, 0.4) is 0 Å². The predicted octanol–water partition coefficient (Wildman–Crippen LogP) is 4.35. The van der Waals surface area contributed by atoms with Crippen molar-refractivity contribution in [3.05, 3.63) is 36.0 Å². The van der Waals surface area contributed by atoms with E-state index in [0.29, 0.717) is 12.3 Å². The zero-order valence-electron chi connectivity index (χ0n) is 15.3. The van der Waals surface area contributed by atoms with Gasteiger partial charge in [-0.15, -0.1) is 13.2 Å². The maximum absolute atomic E-state index is 12.9. The number of nitrogens with zero attached hydrogens (tertiary/aromatic N) is 3. The van der Waals surface area contributed by atoms with Crippen LogP contribution in [0.4, 0.5) is 26.3 Å². The summed E-state index contributed by atoms with van der Waals surface area (Å²) in [5.74, 6) is -1.27. The smallest absolute Gasteiger partial charge is 0.406 e. The van der Waals surface area contributed by atoms with Crippen LogP contribution in [0.2, 0.25) is 0 Å². The van der Waals surface area contributed by atoms with E-state index in [2.05, 4.69) is 14.7 Å². The summed E-state index contributed by atoms with van der Waals surface area (Å²) in [7, 11) is -2.65. The molecule has 0 spiro atoms. The van der Waals surface area contributed by atoms with Crippen LogP contribution in [0.5, 0.6) is 5.75 Å². The fraction of sp³-hybridized carbons (Fsp3) is 0.294. The molecule has 1 aromatic carbocycles. The third kappa shape index (κ3) is 4.20. The van der Waals surface area contributed by atoms with Crippen molar-refractivity contribution in [1.29, 1.82) is 0 Å². The molecule has 0 saturated heterocycles. The van der Waals surface area contributed by atoms with Gasteiger partial charge in [0.2, 0.25) is 0 Å². The molecule has 0 unspecified atom stereocenters. The Morgan fingerprint density at radius 3 is 2.33 bits per heavy atom. The molecule has 0 aliphatic rings. The fourth-order valence-electron chi connectivity index (χ4n) is 2.77. The third-order valence-electron chi connectivity index (χ3n) is 4.18.